The molecule has 1 unspecified atom stereocenters. The molecule has 0 fully saturated rings. The predicted octanol–water partition coefficient (Wildman–Crippen LogP) is 3.78. The van der Waals surface area contributed by atoms with Gasteiger partial charge >= 0.3 is 0 Å². The monoisotopic (exact) mass is 274 g/mol. The van der Waals surface area contributed by atoms with E-state index in [1.807, 2.05) is 6.07 Å². The number of anilines is 1. The topological polar surface area (TPSA) is 29.3 Å². The summed E-state index contributed by atoms with van der Waals surface area (Å²) in [6.07, 6.45) is 1.07. The maximum Gasteiger partial charge on any atom is 0.0859 e. The van der Waals surface area contributed by atoms with Gasteiger partial charge in [0.15, 0.2) is 0 Å². The van der Waals surface area contributed by atoms with Gasteiger partial charge in [0, 0.05) is 17.5 Å². The lowest BCUT2D eigenvalue weighted by atomic mass is 10.1. The number of benzene rings is 1. The van der Waals surface area contributed by atoms with Gasteiger partial charge < -0.3 is 5.73 Å². The third-order valence-electron chi connectivity index (χ3n) is 3.44. The minimum Gasteiger partial charge on any atom is -0.391 e. The minimum absolute atomic E-state index is 0.531. The number of likely N-dealkylation sites (N-methyl/N-ethyl adjacent to an activating group) is 1. The van der Waals surface area contributed by atoms with Gasteiger partial charge in [0.25, 0.3) is 0 Å². The van der Waals surface area contributed by atoms with Crippen LogP contribution in [0.3, 0.4) is 0 Å². The van der Waals surface area contributed by atoms with Crippen LogP contribution in [0.15, 0.2) is 42.5 Å². The first-order valence-corrected chi connectivity index (χ1v) is 7.63. The van der Waals surface area contributed by atoms with Crippen LogP contribution >= 0.6 is 11.3 Å². The third kappa shape index (κ3) is 4.08. The number of nitrogens with two attached hydrogens (primary N) is 1. The zero-order valence-electron chi connectivity index (χ0n) is 11.7. The zero-order valence-corrected chi connectivity index (χ0v) is 12.5. The van der Waals surface area contributed by atoms with Crippen LogP contribution in [0, 0.1) is 0 Å². The first-order valence-electron chi connectivity index (χ1n) is 6.81. The van der Waals surface area contributed by atoms with Crippen LogP contribution in [-0.4, -0.2) is 17.5 Å². The van der Waals surface area contributed by atoms with Crippen LogP contribution in [0.4, 0.5) is 5.00 Å². The van der Waals surface area contributed by atoms with E-state index in [9.17, 15) is 0 Å². The summed E-state index contributed by atoms with van der Waals surface area (Å²) >= 11 is 1.70. The molecule has 0 amide bonds. The van der Waals surface area contributed by atoms with E-state index in [-0.39, 0.29) is 0 Å². The number of nitrogens with zero attached hydrogens (tertiary/aromatic N) is 1. The SMILES string of the molecule is CCN(Cc1ccccc1)C(C)Cc1ccc(N)s1. The molecule has 0 spiro atoms. The van der Waals surface area contributed by atoms with Gasteiger partial charge in [-0.1, -0.05) is 37.3 Å². The van der Waals surface area contributed by atoms with Gasteiger partial charge in [0.1, 0.15) is 0 Å². The Morgan fingerprint density at radius 3 is 2.47 bits per heavy atom. The Morgan fingerprint density at radius 2 is 1.89 bits per heavy atom. The molecule has 1 heterocycles. The molecule has 19 heavy (non-hydrogen) atoms. The van der Waals surface area contributed by atoms with Crippen molar-refractivity contribution in [1.82, 2.24) is 4.90 Å². The third-order valence-corrected chi connectivity index (χ3v) is 4.37. The average Bonchev–Trinajstić information content (AvgIpc) is 2.82. The molecular formula is C16H22N2S. The fraction of sp³-hybridized carbons (Fsp3) is 0.375. The molecule has 0 saturated heterocycles. The lowest BCUT2D eigenvalue weighted by molar-refractivity contribution is 0.210. The molecule has 1 aromatic carbocycles. The second kappa shape index (κ2) is 6.73. The van der Waals surface area contributed by atoms with Crippen LogP contribution in [0.1, 0.15) is 24.3 Å². The van der Waals surface area contributed by atoms with Crippen LogP contribution in [0.25, 0.3) is 0 Å². The Bertz CT molecular complexity index is 492. The molecule has 1 aromatic heterocycles. The van der Waals surface area contributed by atoms with E-state index in [1.165, 1.54) is 10.4 Å². The average molecular weight is 274 g/mol. The first kappa shape index (κ1) is 14.1. The van der Waals surface area contributed by atoms with Crippen molar-refractivity contribution in [1.29, 1.82) is 0 Å². The van der Waals surface area contributed by atoms with Crippen LogP contribution in [-0.2, 0) is 13.0 Å². The summed E-state index contributed by atoms with van der Waals surface area (Å²) in [5.41, 5.74) is 7.17. The molecule has 0 aliphatic carbocycles. The maximum atomic E-state index is 5.79. The highest BCUT2D eigenvalue weighted by Crippen LogP contribution is 2.21. The van der Waals surface area contributed by atoms with E-state index < -0.39 is 0 Å². The normalized spacial score (nSPS) is 12.8. The largest absolute Gasteiger partial charge is 0.391 e. The standard InChI is InChI=1S/C16H22N2S/c1-3-18(12-14-7-5-4-6-8-14)13(2)11-15-9-10-16(17)19-15/h4-10,13H,3,11-12,17H2,1-2H3. The van der Waals surface area contributed by atoms with Crippen molar-refractivity contribution in [3.8, 4) is 0 Å². The zero-order chi connectivity index (χ0) is 13.7. The quantitative estimate of drug-likeness (QED) is 0.868. The van der Waals surface area contributed by atoms with Crippen LogP contribution < -0.4 is 5.73 Å². The number of thiophene rings is 1. The smallest absolute Gasteiger partial charge is 0.0859 e. The Morgan fingerprint density at radius 1 is 1.16 bits per heavy atom. The molecule has 0 saturated carbocycles. The molecule has 2 rings (SSSR count). The molecule has 0 aliphatic rings. The van der Waals surface area contributed by atoms with Crippen molar-refractivity contribution in [3.05, 3.63) is 52.9 Å². The van der Waals surface area contributed by atoms with Crippen molar-refractivity contribution in [3.63, 3.8) is 0 Å². The Kier molecular flexibility index (Phi) is 5.00. The fourth-order valence-corrected chi connectivity index (χ4v) is 3.22. The minimum atomic E-state index is 0.531. The molecule has 102 valence electrons. The van der Waals surface area contributed by atoms with Crippen molar-refractivity contribution in [2.24, 2.45) is 0 Å². The van der Waals surface area contributed by atoms with E-state index in [2.05, 4.69) is 55.1 Å². The number of hydrogen-bond donors (Lipinski definition) is 1. The highest BCUT2D eigenvalue weighted by molar-refractivity contribution is 7.15. The lowest BCUT2D eigenvalue weighted by Gasteiger charge is -2.27. The van der Waals surface area contributed by atoms with Gasteiger partial charge in [-0.15, -0.1) is 11.3 Å². The summed E-state index contributed by atoms with van der Waals surface area (Å²) in [5.74, 6) is 0. The second-order valence-corrected chi connectivity index (χ2v) is 6.11. The number of nitrogen functional groups attached to an aromatic ring is 1. The summed E-state index contributed by atoms with van der Waals surface area (Å²) in [6.45, 7) is 6.60. The summed E-state index contributed by atoms with van der Waals surface area (Å²) in [6, 6.07) is 15.3. The molecule has 0 aliphatic heterocycles. The van der Waals surface area contributed by atoms with Crippen molar-refractivity contribution in [2.75, 3.05) is 12.3 Å². The fourth-order valence-electron chi connectivity index (χ4n) is 2.32. The summed E-state index contributed by atoms with van der Waals surface area (Å²) in [4.78, 5) is 3.88. The Labute approximate surface area is 119 Å². The molecule has 3 heteroatoms. The summed E-state index contributed by atoms with van der Waals surface area (Å²) < 4.78 is 0. The summed E-state index contributed by atoms with van der Waals surface area (Å²) in [7, 11) is 0. The lowest BCUT2D eigenvalue weighted by Crippen LogP contribution is -2.33. The van der Waals surface area contributed by atoms with Gasteiger partial charge in [-0.25, -0.2) is 0 Å². The molecule has 0 radical (unpaired) electrons. The second-order valence-electron chi connectivity index (χ2n) is 4.91. The first-order chi connectivity index (χ1) is 9.19. The van der Waals surface area contributed by atoms with Crippen LogP contribution in [0.5, 0.6) is 0 Å². The molecule has 0 bridgehead atoms. The molecular weight excluding hydrogens is 252 g/mol. The number of hydrogen-bond acceptors (Lipinski definition) is 3. The molecule has 2 nitrogen and oxygen atoms in total. The van der Waals surface area contributed by atoms with Gasteiger partial charge in [-0.3, -0.25) is 4.90 Å². The molecule has 2 N–H and O–H groups in total. The van der Waals surface area contributed by atoms with E-state index in [4.69, 9.17) is 5.73 Å². The van der Waals surface area contributed by atoms with Gasteiger partial charge in [0.2, 0.25) is 0 Å². The van der Waals surface area contributed by atoms with Crippen molar-refractivity contribution < 1.29 is 0 Å². The van der Waals surface area contributed by atoms with Gasteiger partial charge in [-0.2, -0.15) is 0 Å². The van der Waals surface area contributed by atoms with E-state index >= 15 is 0 Å². The maximum absolute atomic E-state index is 5.79. The highest BCUT2D eigenvalue weighted by Gasteiger charge is 2.13. The Hall–Kier alpha value is -1.32. The summed E-state index contributed by atoms with van der Waals surface area (Å²) in [5, 5.41) is 0.910. The Balaban J connectivity index is 1.97. The molecule has 2 aromatic rings. The van der Waals surface area contributed by atoms with E-state index in [0.717, 1.165) is 24.5 Å². The number of rotatable bonds is 6. The predicted molar refractivity (Wildman–Crippen MR) is 84.4 cm³/mol. The van der Waals surface area contributed by atoms with E-state index in [0.29, 0.717) is 6.04 Å². The van der Waals surface area contributed by atoms with Gasteiger partial charge in [0.05, 0.1) is 5.00 Å². The highest BCUT2D eigenvalue weighted by atomic mass is 32.1. The van der Waals surface area contributed by atoms with Crippen molar-refractivity contribution in [2.45, 2.75) is 32.9 Å². The van der Waals surface area contributed by atoms with Crippen LogP contribution in [0.2, 0.25) is 0 Å². The van der Waals surface area contributed by atoms with Crippen molar-refractivity contribution >= 4 is 16.3 Å². The van der Waals surface area contributed by atoms with Gasteiger partial charge in [-0.05, 0) is 37.6 Å². The molecule has 1 atom stereocenters. The van der Waals surface area contributed by atoms with E-state index in [1.54, 1.807) is 11.3 Å².